The molecule has 0 unspecified atom stereocenters. The van der Waals surface area contributed by atoms with E-state index in [0.29, 0.717) is 0 Å². The number of hydrogen-bond donors (Lipinski definition) is 0. The van der Waals surface area contributed by atoms with E-state index in [-0.39, 0.29) is 5.60 Å². The van der Waals surface area contributed by atoms with Crippen LogP contribution in [0.5, 0.6) is 0 Å². The van der Waals surface area contributed by atoms with Gasteiger partial charge in [0.05, 0.1) is 0 Å². The van der Waals surface area contributed by atoms with Crippen LogP contribution in [0.4, 0.5) is 0 Å². The van der Waals surface area contributed by atoms with Gasteiger partial charge in [-0.15, -0.1) is 0 Å². The van der Waals surface area contributed by atoms with Crippen molar-refractivity contribution >= 4 is 17.8 Å². The second-order valence-electron chi connectivity index (χ2n) is 3.75. The van der Waals surface area contributed by atoms with E-state index in [9.17, 15) is 0 Å². The molecule has 1 fully saturated rings. The third-order valence-corrected chi connectivity index (χ3v) is 4.10. The molecule has 1 aromatic rings. The highest BCUT2D eigenvalue weighted by Crippen LogP contribution is 2.41. The van der Waals surface area contributed by atoms with Crippen molar-refractivity contribution in [3.63, 3.8) is 0 Å². The lowest BCUT2D eigenvalue weighted by molar-refractivity contribution is -0.0150. The summed E-state index contributed by atoms with van der Waals surface area (Å²) < 4.78 is 5.88. The Morgan fingerprint density at radius 2 is 2.07 bits per heavy atom. The summed E-state index contributed by atoms with van der Waals surface area (Å²) >= 11 is 1.94. The predicted molar refractivity (Wildman–Crippen MR) is 67.2 cm³/mol. The zero-order chi connectivity index (χ0) is 10.7. The minimum Gasteiger partial charge on any atom is -0.369 e. The Morgan fingerprint density at radius 3 is 2.47 bits per heavy atom. The first kappa shape index (κ1) is 10.8. The van der Waals surface area contributed by atoms with Crippen LogP contribution in [0.15, 0.2) is 30.8 Å². The molecule has 0 aliphatic carbocycles. The van der Waals surface area contributed by atoms with Gasteiger partial charge in [0.1, 0.15) is 5.60 Å². The molecule has 80 valence electrons. The number of ether oxygens (including phenoxy) is 1. The van der Waals surface area contributed by atoms with Crippen molar-refractivity contribution in [2.45, 2.75) is 12.5 Å². The summed E-state index contributed by atoms with van der Waals surface area (Å²) in [6.45, 7) is 6.60. The number of benzene rings is 1. The molecule has 0 radical (unpaired) electrons. The molecule has 15 heavy (non-hydrogen) atoms. The van der Waals surface area contributed by atoms with Crippen molar-refractivity contribution in [1.82, 2.24) is 0 Å². The molecular formula is C13H16OS. The topological polar surface area (TPSA) is 9.23 Å². The van der Waals surface area contributed by atoms with Crippen molar-refractivity contribution in [3.05, 3.63) is 42.0 Å². The van der Waals surface area contributed by atoms with Crippen molar-refractivity contribution in [2.24, 2.45) is 0 Å². The smallest absolute Gasteiger partial charge is 0.111 e. The highest BCUT2D eigenvalue weighted by atomic mass is 32.2. The molecule has 1 saturated heterocycles. The highest BCUT2D eigenvalue weighted by molar-refractivity contribution is 8.00. The zero-order valence-corrected chi connectivity index (χ0v) is 9.85. The minimum absolute atomic E-state index is 0.0148. The molecule has 1 nitrogen and oxygen atoms in total. The molecule has 0 spiro atoms. The number of hydrogen-bond acceptors (Lipinski definition) is 2. The summed E-state index contributed by atoms with van der Waals surface area (Å²) in [6, 6.07) is 8.52. The van der Waals surface area contributed by atoms with Gasteiger partial charge in [-0.25, -0.2) is 0 Å². The van der Waals surface area contributed by atoms with Crippen LogP contribution in [0.2, 0.25) is 0 Å². The van der Waals surface area contributed by atoms with Crippen molar-refractivity contribution in [3.8, 4) is 0 Å². The summed E-state index contributed by atoms with van der Waals surface area (Å²) in [4.78, 5) is 0. The lowest BCUT2D eigenvalue weighted by Gasteiger charge is -2.41. The molecule has 0 bridgehead atoms. The summed E-state index contributed by atoms with van der Waals surface area (Å²) in [5, 5.41) is 0. The van der Waals surface area contributed by atoms with E-state index in [1.807, 2.05) is 17.8 Å². The van der Waals surface area contributed by atoms with Crippen LogP contribution in [0.3, 0.4) is 0 Å². The first-order chi connectivity index (χ1) is 7.30. The standard InChI is InChI=1S/C13H16OS/c1-3-11-5-7-12(8-6-11)13(14-4-2)9-15-10-13/h3,5-8H,1,4,9-10H2,2H3. The van der Waals surface area contributed by atoms with E-state index in [1.165, 1.54) is 5.56 Å². The van der Waals surface area contributed by atoms with Gasteiger partial charge in [-0.1, -0.05) is 36.9 Å². The van der Waals surface area contributed by atoms with Gasteiger partial charge in [0, 0.05) is 18.1 Å². The lowest BCUT2D eigenvalue weighted by Crippen LogP contribution is -2.43. The van der Waals surface area contributed by atoms with Crippen molar-refractivity contribution < 1.29 is 4.74 Å². The fourth-order valence-electron chi connectivity index (χ4n) is 1.82. The molecule has 1 heterocycles. The van der Waals surface area contributed by atoms with Gasteiger partial charge in [0.2, 0.25) is 0 Å². The van der Waals surface area contributed by atoms with Crippen LogP contribution < -0.4 is 0 Å². The first-order valence-corrected chi connectivity index (χ1v) is 6.41. The van der Waals surface area contributed by atoms with E-state index in [2.05, 4.69) is 37.8 Å². The summed E-state index contributed by atoms with van der Waals surface area (Å²) in [7, 11) is 0. The van der Waals surface area contributed by atoms with Crippen LogP contribution in [-0.4, -0.2) is 18.1 Å². The van der Waals surface area contributed by atoms with Crippen LogP contribution in [0, 0.1) is 0 Å². The average molecular weight is 220 g/mol. The molecular weight excluding hydrogens is 204 g/mol. The molecule has 1 aliphatic heterocycles. The van der Waals surface area contributed by atoms with Crippen LogP contribution in [0.25, 0.3) is 6.08 Å². The second kappa shape index (κ2) is 4.42. The molecule has 1 aliphatic rings. The van der Waals surface area contributed by atoms with Gasteiger partial charge in [0.15, 0.2) is 0 Å². The van der Waals surface area contributed by atoms with Gasteiger partial charge >= 0.3 is 0 Å². The van der Waals surface area contributed by atoms with Crippen LogP contribution in [-0.2, 0) is 10.3 Å². The first-order valence-electron chi connectivity index (χ1n) is 5.25. The predicted octanol–water partition coefficient (Wildman–Crippen LogP) is 3.31. The second-order valence-corrected chi connectivity index (χ2v) is 4.73. The summed E-state index contributed by atoms with van der Waals surface area (Å²) in [6.07, 6.45) is 1.87. The molecule has 0 aromatic heterocycles. The quantitative estimate of drug-likeness (QED) is 0.770. The van der Waals surface area contributed by atoms with Crippen LogP contribution >= 0.6 is 11.8 Å². The largest absolute Gasteiger partial charge is 0.369 e. The van der Waals surface area contributed by atoms with E-state index >= 15 is 0 Å². The maximum absolute atomic E-state index is 5.88. The molecule has 0 amide bonds. The Bertz CT molecular complexity index is 338. The summed E-state index contributed by atoms with van der Waals surface area (Å²) in [5.74, 6) is 2.16. The van der Waals surface area contributed by atoms with Crippen molar-refractivity contribution in [2.75, 3.05) is 18.1 Å². The fourth-order valence-corrected chi connectivity index (χ4v) is 2.89. The monoisotopic (exact) mass is 220 g/mol. The molecule has 0 N–H and O–H groups in total. The van der Waals surface area contributed by atoms with Crippen molar-refractivity contribution in [1.29, 1.82) is 0 Å². The Morgan fingerprint density at radius 1 is 1.40 bits per heavy atom. The van der Waals surface area contributed by atoms with Gasteiger partial charge in [-0.3, -0.25) is 0 Å². The number of rotatable bonds is 4. The molecule has 0 atom stereocenters. The molecule has 2 rings (SSSR count). The Kier molecular flexibility index (Phi) is 3.17. The SMILES string of the molecule is C=Cc1ccc(C2(OCC)CSC2)cc1. The van der Waals surface area contributed by atoms with Crippen LogP contribution in [0.1, 0.15) is 18.1 Å². The van der Waals surface area contributed by atoms with Gasteiger partial charge in [-0.05, 0) is 18.1 Å². The van der Waals surface area contributed by atoms with E-state index in [4.69, 9.17) is 4.74 Å². The lowest BCUT2D eigenvalue weighted by atomic mass is 9.95. The van der Waals surface area contributed by atoms with E-state index < -0.39 is 0 Å². The van der Waals surface area contributed by atoms with Gasteiger partial charge < -0.3 is 4.74 Å². The molecule has 0 saturated carbocycles. The highest BCUT2D eigenvalue weighted by Gasteiger charge is 2.40. The molecule has 1 aromatic carbocycles. The third kappa shape index (κ3) is 1.97. The normalized spacial score (nSPS) is 18.2. The number of thioether (sulfide) groups is 1. The molecule has 2 heteroatoms. The summed E-state index contributed by atoms with van der Waals surface area (Å²) in [5.41, 5.74) is 2.45. The van der Waals surface area contributed by atoms with E-state index in [0.717, 1.165) is 23.7 Å². The maximum Gasteiger partial charge on any atom is 0.111 e. The van der Waals surface area contributed by atoms with Gasteiger partial charge in [-0.2, -0.15) is 11.8 Å². The fraction of sp³-hybridized carbons (Fsp3) is 0.385. The minimum atomic E-state index is -0.0148. The third-order valence-electron chi connectivity index (χ3n) is 2.76. The maximum atomic E-state index is 5.88. The Hall–Kier alpha value is -0.730. The Balaban J connectivity index is 2.23. The zero-order valence-electron chi connectivity index (χ0n) is 9.03. The average Bonchev–Trinajstić information content (AvgIpc) is 2.24. The Labute approximate surface area is 95.5 Å². The van der Waals surface area contributed by atoms with E-state index in [1.54, 1.807) is 0 Å². The van der Waals surface area contributed by atoms with Gasteiger partial charge in [0.25, 0.3) is 0 Å².